The Bertz CT molecular complexity index is 1320. The highest BCUT2D eigenvalue weighted by Crippen LogP contribution is 2.42. The van der Waals surface area contributed by atoms with Gasteiger partial charge in [-0.1, -0.05) is 43.7 Å². The van der Waals surface area contributed by atoms with Gasteiger partial charge >= 0.3 is 12.1 Å². The van der Waals surface area contributed by atoms with Crippen molar-refractivity contribution in [2.75, 3.05) is 18.6 Å². The van der Waals surface area contributed by atoms with E-state index in [0.717, 1.165) is 22.4 Å². The van der Waals surface area contributed by atoms with Crippen LogP contribution in [0, 0.1) is 12.8 Å². The van der Waals surface area contributed by atoms with Gasteiger partial charge < -0.3 is 25.4 Å². The number of carbonyl (C=O) groups is 3. The molecule has 40 heavy (non-hydrogen) atoms. The number of ether oxygens (including phenoxy) is 2. The first-order chi connectivity index (χ1) is 18.7. The molecule has 1 atom stereocenters. The van der Waals surface area contributed by atoms with Crippen LogP contribution in [0.1, 0.15) is 69.4 Å². The zero-order chi connectivity index (χ0) is 29.8. The van der Waals surface area contributed by atoms with E-state index in [-0.39, 0.29) is 18.0 Å². The summed E-state index contributed by atoms with van der Waals surface area (Å²) in [5.41, 5.74) is 9.73. The van der Waals surface area contributed by atoms with Crippen LogP contribution in [-0.4, -0.2) is 48.3 Å². The van der Waals surface area contributed by atoms with Gasteiger partial charge in [0.05, 0.1) is 24.3 Å². The largest absolute Gasteiger partial charge is 0.466 e. The van der Waals surface area contributed by atoms with Gasteiger partial charge in [-0.2, -0.15) is 0 Å². The number of aryl methyl sites for hydroxylation is 1. The number of esters is 1. The fourth-order valence-corrected chi connectivity index (χ4v) is 4.74. The fraction of sp³-hybridized carbons (Fsp3) is 0.419. The molecule has 0 aliphatic carbocycles. The molecule has 1 aliphatic rings. The lowest BCUT2D eigenvalue weighted by molar-refractivity contribution is -0.136. The van der Waals surface area contributed by atoms with Crippen LogP contribution >= 0.6 is 0 Å². The standard InChI is InChI=1S/C31H40N4O5/c1-18(2)15-24-23(17-34-30(38)40-31(5,6)7)27(21-11-9-19(3)10-12-21)26(29(37)39-8)20(4)35(24)25-14-13-22(16-33-25)28(32)36/h9-14,16,18,20H,15,17H2,1-8H3,(H2,32,36)(H,34,38). The Morgan fingerprint density at radius 1 is 1.10 bits per heavy atom. The Morgan fingerprint density at radius 2 is 1.75 bits per heavy atom. The number of pyridine rings is 1. The van der Waals surface area contributed by atoms with Crippen molar-refractivity contribution in [2.24, 2.45) is 11.7 Å². The number of carbonyl (C=O) groups excluding carboxylic acids is 3. The molecule has 1 aliphatic heterocycles. The number of amides is 2. The smallest absolute Gasteiger partial charge is 0.407 e. The minimum atomic E-state index is -0.675. The third kappa shape index (κ3) is 7.08. The summed E-state index contributed by atoms with van der Waals surface area (Å²) in [4.78, 5) is 44.4. The molecular weight excluding hydrogens is 508 g/mol. The molecule has 0 radical (unpaired) electrons. The van der Waals surface area contributed by atoms with Gasteiger partial charge in [-0.3, -0.25) is 4.79 Å². The monoisotopic (exact) mass is 548 g/mol. The van der Waals surface area contributed by atoms with Gasteiger partial charge in [0.15, 0.2) is 0 Å². The first kappa shape index (κ1) is 30.4. The molecule has 9 heteroatoms. The number of nitrogens with one attached hydrogen (secondary N) is 1. The predicted octanol–water partition coefficient (Wildman–Crippen LogP) is 5.15. The average Bonchev–Trinajstić information content (AvgIpc) is 2.87. The van der Waals surface area contributed by atoms with E-state index in [9.17, 15) is 14.4 Å². The van der Waals surface area contributed by atoms with Crippen LogP contribution in [0.4, 0.5) is 10.6 Å². The van der Waals surface area contributed by atoms with Crippen molar-refractivity contribution in [1.29, 1.82) is 0 Å². The van der Waals surface area contributed by atoms with Crippen LogP contribution in [0.2, 0.25) is 0 Å². The van der Waals surface area contributed by atoms with Crippen LogP contribution in [0.3, 0.4) is 0 Å². The number of aromatic nitrogens is 1. The molecule has 0 saturated heterocycles. The maximum atomic E-state index is 13.4. The highest BCUT2D eigenvalue weighted by molar-refractivity contribution is 6.05. The lowest BCUT2D eigenvalue weighted by atomic mass is 9.82. The predicted molar refractivity (Wildman–Crippen MR) is 156 cm³/mol. The summed E-state index contributed by atoms with van der Waals surface area (Å²) in [5, 5.41) is 2.90. The highest BCUT2D eigenvalue weighted by atomic mass is 16.6. The topological polar surface area (TPSA) is 124 Å². The molecule has 0 spiro atoms. The number of anilines is 1. The SMILES string of the molecule is COC(=O)C1=C(c2ccc(C)cc2)C(CNC(=O)OC(C)(C)C)=C(CC(C)C)N(c2ccc(C(N)=O)cn2)C1C. The van der Waals surface area contributed by atoms with E-state index in [4.69, 9.17) is 15.2 Å². The van der Waals surface area contributed by atoms with Gasteiger partial charge in [0, 0.05) is 24.0 Å². The number of primary amides is 1. The molecule has 0 fully saturated rings. The summed E-state index contributed by atoms with van der Waals surface area (Å²) >= 11 is 0. The lowest BCUT2D eigenvalue weighted by Crippen LogP contribution is -2.44. The second-order valence-electron chi connectivity index (χ2n) is 11.3. The van der Waals surface area contributed by atoms with Gasteiger partial charge in [0.1, 0.15) is 11.4 Å². The Balaban J connectivity index is 2.31. The summed E-state index contributed by atoms with van der Waals surface area (Å²) in [6.07, 6.45) is 1.48. The van der Waals surface area contributed by atoms with Gasteiger partial charge in [-0.25, -0.2) is 14.6 Å². The number of methoxy groups -OCH3 is 1. The minimum absolute atomic E-state index is 0.100. The molecular formula is C31H40N4O5. The number of benzene rings is 1. The average molecular weight is 549 g/mol. The van der Waals surface area contributed by atoms with Crippen molar-refractivity contribution < 1.29 is 23.9 Å². The Hall–Kier alpha value is -4.14. The number of allylic oxidation sites excluding steroid dienone is 1. The molecule has 1 aromatic carbocycles. The van der Waals surface area contributed by atoms with Gasteiger partial charge in [-0.15, -0.1) is 0 Å². The third-order valence-corrected chi connectivity index (χ3v) is 6.45. The van der Waals surface area contributed by atoms with E-state index in [1.807, 2.05) is 43.0 Å². The van der Waals surface area contributed by atoms with E-state index >= 15 is 0 Å². The van der Waals surface area contributed by atoms with Gasteiger partial charge in [-0.05, 0) is 70.2 Å². The number of nitrogens with two attached hydrogens (primary N) is 1. The maximum absolute atomic E-state index is 13.4. The van der Waals surface area contributed by atoms with Crippen molar-refractivity contribution in [3.8, 4) is 0 Å². The summed E-state index contributed by atoms with van der Waals surface area (Å²) < 4.78 is 10.8. The maximum Gasteiger partial charge on any atom is 0.407 e. The summed E-state index contributed by atoms with van der Waals surface area (Å²) in [6.45, 7) is 13.6. The number of hydrogen-bond donors (Lipinski definition) is 2. The molecule has 3 N–H and O–H groups in total. The summed E-state index contributed by atoms with van der Waals surface area (Å²) in [7, 11) is 1.35. The van der Waals surface area contributed by atoms with E-state index in [2.05, 4.69) is 24.1 Å². The number of alkyl carbamates (subject to hydrolysis) is 1. The number of nitrogens with zero attached hydrogens (tertiary/aromatic N) is 2. The molecule has 2 amide bonds. The highest BCUT2D eigenvalue weighted by Gasteiger charge is 2.38. The van der Waals surface area contributed by atoms with Crippen LogP contribution in [0.5, 0.6) is 0 Å². The molecule has 214 valence electrons. The molecule has 0 bridgehead atoms. The van der Waals surface area contributed by atoms with Crippen molar-refractivity contribution in [2.45, 2.75) is 66.5 Å². The Morgan fingerprint density at radius 3 is 2.25 bits per heavy atom. The molecule has 0 saturated carbocycles. The Kier molecular flexibility index (Phi) is 9.40. The van der Waals surface area contributed by atoms with Crippen molar-refractivity contribution in [1.82, 2.24) is 10.3 Å². The van der Waals surface area contributed by atoms with Crippen LogP contribution in [0.25, 0.3) is 5.57 Å². The van der Waals surface area contributed by atoms with Crippen molar-refractivity contribution >= 4 is 29.4 Å². The molecule has 2 heterocycles. The zero-order valence-corrected chi connectivity index (χ0v) is 24.6. The third-order valence-electron chi connectivity index (χ3n) is 6.45. The first-order valence-electron chi connectivity index (χ1n) is 13.4. The minimum Gasteiger partial charge on any atom is -0.466 e. The normalized spacial score (nSPS) is 15.8. The summed E-state index contributed by atoms with van der Waals surface area (Å²) in [5.74, 6) is -0.305. The molecule has 1 aromatic heterocycles. The summed E-state index contributed by atoms with van der Waals surface area (Å²) in [6, 6.07) is 10.8. The second-order valence-corrected chi connectivity index (χ2v) is 11.3. The van der Waals surface area contributed by atoms with Crippen LogP contribution < -0.4 is 16.0 Å². The van der Waals surface area contributed by atoms with E-state index in [0.29, 0.717) is 23.4 Å². The number of hydrogen-bond acceptors (Lipinski definition) is 7. The molecule has 2 aromatic rings. The van der Waals surface area contributed by atoms with E-state index < -0.39 is 29.6 Å². The van der Waals surface area contributed by atoms with Crippen LogP contribution in [0.15, 0.2) is 59.4 Å². The number of rotatable bonds is 8. The molecule has 1 unspecified atom stereocenters. The van der Waals surface area contributed by atoms with Gasteiger partial charge in [0.25, 0.3) is 0 Å². The quantitative estimate of drug-likeness (QED) is 0.437. The fourth-order valence-electron chi connectivity index (χ4n) is 4.74. The van der Waals surface area contributed by atoms with Gasteiger partial charge in [0.2, 0.25) is 5.91 Å². The zero-order valence-electron chi connectivity index (χ0n) is 24.6. The van der Waals surface area contributed by atoms with Crippen molar-refractivity contribution in [3.63, 3.8) is 0 Å². The first-order valence-corrected chi connectivity index (χ1v) is 13.4. The molecule has 3 rings (SSSR count). The molecule has 9 nitrogen and oxygen atoms in total. The Labute approximate surface area is 236 Å². The van der Waals surface area contributed by atoms with Crippen LogP contribution in [-0.2, 0) is 14.3 Å². The second kappa shape index (κ2) is 12.4. The van der Waals surface area contributed by atoms with E-state index in [1.165, 1.54) is 13.3 Å². The van der Waals surface area contributed by atoms with E-state index in [1.54, 1.807) is 32.9 Å². The van der Waals surface area contributed by atoms with Crippen molar-refractivity contribution in [3.05, 3.63) is 76.1 Å². The lowest BCUT2D eigenvalue weighted by Gasteiger charge is -2.41.